The van der Waals surface area contributed by atoms with Crippen molar-refractivity contribution in [3.8, 4) is 17.2 Å². The van der Waals surface area contributed by atoms with Crippen molar-refractivity contribution < 1.29 is 32.2 Å². The van der Waals surface area contributed by atoms with Crippen molar-refractivity contribution in [2.24, 2.45) is 0 Å². The lowest BCUT2D eigenvalue weighted by Gasteiger charge is -2.32. The molecule has 0 saturated heterocycles. The SMILES string of the molecule is COc1cccc(CN(C(=O)CN(c2ccc(OC)c(OC)c2)S(=O)(=O)c2ccc(C)cc2)C(C)C(=O)NC2CCCC2)c1. The van der Waals surface area contributed by atoms with Crippen molar-refractivity contribution in [1.82, 2.24) is 10.2 Å². The van der Waals surface area contributed by atoms with Gasteiger partial charge in [-0.05, 0) is 68.7 Å². The third-order valence-corrected chi connectivity index (χ3v) is 9.69. The van der Waals surface area contributed by atoms with E-state index >= 15 is 0 Å². The normalized spacial score (nSPS) is 14.0. The Labute approximate surface area is 260 Å². The monoisotopic (exact) mass is 623 g/mol. The minimum Gasteiger partial charge on any atom is -0.497 e. The highest BCUT2D eigenvalue weighted by Crippen LogP contribution is 2.34. The number of ether oxygens (including phenoxy) is 3. The van der Waals surface area contributed by atoms with Gasteiger partial charge in [-0.3, -0.25) is 13.9 Å². The first-order valence-corrected chi connectivity index (χ1v) is 16.1. The predicted octanol–water partition coefficient (Wildman–Crippen LogP) is 4.69. The van der Waals surface area contributed by atoms with Gasteiger partial charge in [0.05, 0.1) is 31.9 Å². The van der Waals surface area contributed by atoms with Crippen LogP contribution in [0.1, 0.15) is 43.7 Å². The van der Waals surface area contributed by atoms with Gasteiger partial charge in [0.2, 0.25) is 11.8 Å². The van der Waals surface area contributed by atoms with E-state index < -0.39 is 28.5 Å². The molecule has 44 heavy (non-hydrogen) atoms. The quantitative estimate of drug-likeness (QED) is 0.294. The number of methoxy groups -OCH3 is 3. The summed E-state index contributed by atoms with van der Waals surface area (Å²) in [6.07, 6.45) is 3.88. The largest absolute Gasteiger partial charge is 0.497 e. The van der Waals surface area contributed by atoms with Gasteiger partial charge in [-0.25, -0.2) is 8.42 Å². The Morgan fingerprint density at radius 2 is 1.59 bits per heavy atom. The van der Waals surface area contributed by atoms with Crippen molar-refractivity contribution in [3.05, 3.63) is 77.9 Å². The highest BCUT2D eigenvalue weighted by atomic mass is 32.2. The molecule has 0 aromatic heterocycles. The minimum atomic E-state index is -4.22. The van der Waals surface area contributed by atoms with Crippen molar-refractivity contribution in [2.75, 3.05) is 32.2 Å². The molecule has 236 valence electrons. The molecule has 1 saturated carbocycles. The maximum absolute atomic E-state index is 14.2. The van der Waals surface area contributed by atoms with Crippen LogP contribution in [0, 0.1) is 6.92 Å². The topological polar surface area (TPSA) is 114 Å². The number of anilines is 1. The number of carbonyl (C=O) groups is 2. The standard InChI is InChI=1S/C33H41N3O7S/c1-23-13-16-29(17-14-23)44(39,40)36(27-15-18-30(42-4)31(20-27)43-5)22-32(37)35(21-25-9-8-12-28(19-25)41-3)24(2)33(38)34-26-10-6-7-11-26/h8-9,12-20,24,26H,6-7,10-11,21-22H2,1-5H3,(H,34,38). The molecular formula is C33H41N3O7S. The number of nitrogens with zero attached hydrogens (tertiary/aromatic N) is 2. The molecule has 11 heteroatoms. The van der Waals surface area contributed by atoms with Gasteiger partial charge >= 0.3 is 0 Å². The van der Waals surface area contributed by atoms with Crippen LogP contribution < -0.4 is 23.8 Å². The Morgan fingerprint density at radius 1 is 0.909 bits per heavy atom. The molecule has 1 aliphatic carbocycles. The number of hydrogen-bond donors (Lipinski definition) is 1. The summed E-state index contributed by atoms with van der Waals surface area (Å²) in [5.41, 5.74) is 1.84. The molecule has 3 aromatic carbocycles. The average Bonchev–Trinajstić information content (AvgIpc) is 3.55. The fourth-order valence-corrected chi connectivity index (χ4v) is 6.69. The van der Waals surface area contributed by atoms with E-state index in [0.29, 0.717) is 17.2 Å². The van der Waals surface area contributed by atoms with Crippen molar-refractivity contribution >= 4 is 27.5 Å². The molecule has 0 heterocycles. The molecular weight excluding hydrogens is 582 g/mol. The lowest BCUT2D eigenvalue weighted by atomic mass is 10.1. The number of aryl methyl sites for hydroxylation is 1. The van der Waals surface area contributed by atoms with Gasteiger partial charge in [-0.1, -0.05) is 42.7 Å². The summed E-state index contributed by atoms with van der Waals surface area (Å²) in [6.45, 7) is 3.04. The van der Waals surface area contributed by atoms with Gasteiger partial charge in [0.15, 0.2) is 11.5 Å². The number of benzene rings is 3. The summed E-state index contributed by atoms with van der Waals surface area (Å²) < 4.78 is 45.4. The van der Waals surface area contributed by atoms with Crippen LogP contribution in [-0.4, -0.2) is 65.1 Å². The van der Waals surface area contributed by atoms with E-state index in [4.69, 9.17) is 14.2 Å². The zero-order valence-corrected chi connectivity index (χ0v) is 26.7. The second-order valence-corrected chi connectivity index (χ2v) is 12.8. The molecule has 10 nitrogen and oxygen atoms in total. The molecule has 1 aliphatic rings. The highest BCUT2D eigenvalue weighted by Gasteiger charge is 2.34. The average molecular weight is 624 g/mol. The van der Waals surface area contributed by atoms with E-state index in [1.54, 1.807) is 56.5 Å². The van der Waals surface area contributed by atoms with Crippen LogP contribution in [0.25, 0.3) is 0 Å². The Morgan fingerprint density at radius 3 is 2.23 bits per heavy atom. The first-order valence-electron chi connectivity index (χ1n) is 14.6. The van der Waals surface area contributed by atoms with E-state index in [2.05, 4.69) is 5.32 Å². The Balaban J connectivity index is 1.74. The fourth-order valence-electron chi connectivity index (χ4n) is 5.29. The zero-order chi connectivity index (χ0) is 31.9. The van der Waals surface area contributed by atoms with Gasteiger partial charge in [0, 0.05) is 18.7 Å². The lowest BCUT2D eigenvalue weighted by molar-refractivity contribution is -0.139. The first kappa shape index (κ1) is 32.7. The fraction of sp³-hybridized carbons (Fsp3) is 0.394. The number of hydrogen-bond acceptors (Lipinski definition) is 7. The summed E-state index contributed by atoms with van der Waals surface area (Å²) in [5.74, 6) is 0.484. The maximum atomic E-state index is 14.2. The molecule has 3 aromatic rings. The molecule has 1 fully saturated rings. The molecule has 0 bridgehead atoms. The highest BCUT2D eigenvalue weighted by molar-refractivity contribution is 7.92. The number of sulfonamides is 1. The number of amides is 2. The van der Waals surface area contributed by atoms with Crippen LogP contribution in [0.2, 0.25) is 0 Å². The summed E-state index contributed by atoms with van der Waals surface area (Å²) >= 11 is 0. The van der Waals surface area contributed by atoms with Crippen LogP contribution in [0.15, 0.2) is 71.6 Å². The molecule has 0 aliphatic heterocycles. The maximum Gasteiger partial charge on any atom is 0.264 e. The van der Waals surface area contributed by atoms with E-state index in [9.17, 15) is 18.0 Å². The summed E-state index contributed by atoms with van der Waals surface area (Å²) in [5, 5.41) is 3.08. The van der Waals surface area contributed by atoms with E-state index in [-0.39, 0.29) is 29.1 Å². The molecule has 0 spiro atoms. The Bertz CT molecular complexity index is 1550. The number of rotatable bonds is 13. The summed E-state index contributed by atoms with van der Waals surface area (Å²) in [6, 6.07) is 17.5. The predicted molar refractivity (Wildman–Crippen MR) is 169 cm³/mol. The van der Waals surface area contributed by atoms with Crippen LogP contribution in [0.3, 0.4) is 0 Å². The third kappa shape index (κ3) is 7.63. The zero-order valence-electron chi connectivity index (χ0n) is 25.9. The van der Waals surface area contributed by atoms with Gasteiger partial charge in [0.25, 0.3) is 10.0 Å². The van der Waals surface area contributed by atoms with Crippen LogP contribution in [0.4, 0.5) is 5.69 Å². The van der Waals surface area contributed by atoms with E-state index in [1.165, 1.54) is 37.3 Å². The van der Waals surface area contributed by atoms with Crippen LogP contribution in [0.5, 0.6) is 17.2 Å². The summed E-state index contributed by atoms with van der Waals surface area (Å²) in [7, 11) is 0.262. The van der Waals surface area contributed by atoms with Gasteiger partial charge < -0.3 is 24.4 Å². The lowest BCUT2D eigenvalue weighted by Crippen LogP contribution is -2.52. The van der Waals surface area contributed by atoms with Gasteiger partial charge in [-0.2, -0.15) is 0 Å². The summed E-state index contributed by atoms with van der Waals surface area (Å²) in [4.78, 5) is 29.1. The number of nitrogens with one attached hydrogen (secondary N) is 1. The minimum absolute atomic E-state index is 0.0251. The van der Waals surface area contributed by atoms with Gasteiger partial charge in [-0.15, -0.1) is 0 Å². The van der Waals surface area contributed by atoms with Crippen LogP contribution in [-0.2, 0) is 26.2 Å². The Kier molecular flexibility index (Phi) is 10.7. The third-order valence-electron chi connectivity index (χ3n) is 7.90. The molecule has 0 radical (unpaired) electrons. The van der Waals surface area contributed by atoms with E-state index in [0.717, 1.165) is 41.1 Å². The van der Waals surface area contributed by atoms with E-state index in [1.807, 2.05) is 13.0 Å². The van der Waals surface area contributed by atoms with Crippen LogP contribution >= 0.6 is 0 Å². The number of carbonyl (C=O) groups excluding carboxylic acids is 2. The van der Waals surface area contributed by atoms with Crippen molar-refractivity contribution in [3.63, 3.8) is 0 Å². The molecule has 1 atom stereocenters. The molecule has 2 amide bonds. The molecule has 4 rings (SSSR count). The molecule has 1 unspecified atom stereocenters. The second-order valence-electron chi connectivity index (χ2n) is 10.9. The Hall–Kier alpha value is -4.25. The first-order chi connectivity index (χ1) is 21.1. The smallest absolute Gasteiger partial charge is 0.264 e. The van der Waals surface area contributed by atoms with Gasteiger partial charge in [0.1, 0.15) is 18.3 Å². The van der Waals surface area contributed by atoms with Crippen molar-refractivity contribution in [2.45, 2.75) is 63.1 Å². The second kappa shape index (κ2) is 14.5. The van der Waals surface area contributed by atoms with Crippen molar-refractivity contribution in [1.29, 1.82) is 0 Å². The molecule has 1 N–H and O–H groups in total.